The molecule has 1 rings (SSSR count). The minimum atomic E-state index is 0.239. The van der Waals surface area contributed by atoms with Gasteiger partial charge in [-0.2, -0.15) is 0 Å². The largest absolute Gasteiger partial charge is 0.395 e. The van der Waals surface area contributed by atoms with Gasteiger partial charge >= 0.3 is 0 Å². The quantitative estimate of drug-likeness (QED) is 0.756. The molecule has 0 saturated carbocycles. The van der Waals surface area contributed by atoms with Gasteiger partial charge in [-0.05, 0) is 18.7 Å². The van der Waals surface area contributed by atoms with Crippen molar-refractivity contribution in [3.63, 3.8) is 0 Å². The Bertz CT molecular complexity index is 277. The molecule has 0 bridgehead atoms. The standard InChI is InChI=1S/C13H22N2O/c1-3-15(11-12-16)10-9-14(2)13-7-5-4-6-8-13/h4-8,16H,3,9-12H2,1-2H3. The second-order valence-corrected chi connectivity index (χ2v) is 3.91. The Morgan fingerprint density at radius 2 is 1.75 bits per heavy atom. The van der Waals surface area contributed by atoms with Gasteiger partial charge in [0.05, 0.1) is 6.61 Å². The van der Waals surface area contributed by atoms with E-state index in [4.69, 9.17) is 5.11 Å². The van der Waals surface area contributed by atoms with E-state index in [-0.39, 0.29) is 6.61 Å². The summed E-state index contributed by atoms with van der Waals surface area (Å²) in [5.41, 5.74) is 1.24. The highest BCUT2D eigenvalue weighted by Gasteiger charge is 2.04. The van der Waals surface area contributed by atoms with Gasteiger partial charge in [0.1, 0.15) is 0 Å². The van der Waals surface area contributed by atoms with Crippen LogP contribution < -0.4 is 4.90 Å². The lowest BCUT2D eigenvalue weighted by molar-refractivity contribution is 0.205. The SMILES string of the molecule is CCN(CCO)CCN(C)c1ccccc1. The first-order chi connectivity index (χ1) is 7.77. The number of aliphatic hydroxyl groups excluding tert-OH is 1. The van der Waals surface area contributed by atoms with Crippen LogP contribution in [0.15, 0.2) is 30.3 Å². The van der Waals surface area contributed by atoms with Gasteiger partial charge in [-0.3, -0.25) is 4.90 Å². The molecule has 0 spiro atoms. The highest BCUT2D eigenvalue weighted by atomic mass is 16.3. The molecule has 1 aromatic carbocycles. The molecule has 16 heavy (non-hydrogen) atoms. The Hall–Kier alpha value is -1.06. The van der Waals surface area contributed by atoms with Crippen LogP contribution in [0.3, 0.4) is 0 Å². The van der Waals surface area contributed by atoms with Gasteiger partial charge < -0.3 is 10.0 Å². The highest BCUT2D eigenvalue weighted by Crippen LogP contribution is 2.10. The predicted octanol–water partition coefficient (Wildman–Crippen LogP) is 1.44. The Labute approximate surface area is 98.3 Å². The second kappa shape index (κ2) is 7.25. The van der Waals surface area contributed by atoms with Crippen LogP contribution >= 0.6 is 0 Å². The monoisotopic (exact) mass is 222 g/mol. The highest BCUT2D eigenvalue weighted by molar-refractivity contribution is 5.44. The summed E-state index contributed by atoms with van der Waals surface area (Å²) in [5.74, 6) is 0. The van der Waals surface area contributed by atoms with E-state index in [1.165, 1.54) is 5.69 Å². The van der Waals surface area contributed by atoms with Crippen LogP contribution in [0.1, 0.15) is 6.92 Å². The van der Waals surface area contributed by atoms with Crippen molar-refractivity contribution in [1.82, 2.24) is 4.90 Å². The lowest BCUT2D eigenvalue weighted by Crippen LogP contribution is -2.34. The summed E-state index contributed by atoms with van der Waals surface area (Å²) >= 11 is 0. The Morgan fingerprint density at radius 3 is 2.31 bits per heavy atom. The summed E-state index contributed by atoms with van der Waals surface area (Å²) in [4.78, 5) is 4.49. The normalized spacial score (nSPS) is 10.8. The van der Waals surface area contributed by atoms with Crippen molar-refractivity contribution in [3.05, 3.63) is 30.3 Å². The van der Waals surface area contributed by atoms with Crippen molar-refractivity contribution < 1.29 is 5.11 Å². The minimum absolute atomic E-state index is 0.239. The molecule has 0 radical (unpaired) electrons. The van der Waals surface area contributed by atoms with Gasteiger partial charge in [0.25, 0.3) is 0 Å². The molecule has 0 aliphatic rings. The van der Waals surface area contributed by atoms with Crippen molar-refractivity contribution in [2.24, 2.45) is 0 Å². The van der Waals surface area contributed by atoms with E-state index in [2.05, 4.69) is 48.0 Å². The maximum Gasteiger partial charge on any atom is 0.0558 e. The van der Waals surface area contributed by atoms with E-state index >= 15 is 0 Å². The van der Waals surface area contributed by atoms with Crippen LogP contribution in [0, 0.1) is 0 Å². The van der Waals surface area contributed by atoms with E-state index in [0.29, 0.717) is 0 Å². The summed E-state index contributed by atoms with van der Waals surface area (Å²) in [6.45, 7) is 6.09. The summed E-state index contributed by atoms with van der Waals surface area (Å²) < 4.78 is 0. The lowest BCUT2D eigenvalue weighted by Gasteiger charge is -2.25. The smallest absolute Gasteiger partial charge is 0.0558 e. The number of nitrogens with zero attached hydrogens (tertiary/aromatic N) is 2. The van der Waals surface area contributed by atoms with Crippen molar-refractivity contribution >= 4 is 5.69 Å². The molecule has 3 nitrogen and oxygen atoms in total. The maximum atomic E-state index is 8.89. The summed E-state index contributed by atoms with van der Waals surface area (Å²) in [5, 5.41) is 8.89. The average Bonchev–Trinajstić information content (AvgIpc) is 2.35. The van der Waals surface area contributed by atoms with Crippen LogP contribution in [0.5, 0.6) is 0 Å². The number of benzene rings is 1. The van der Waals surface area contributed by atoms with Crippen LogP contribution in [-0.2, 0) is 0 Å². The van der Waals surface area contributed by atoms with Crippen molar-refractivity contribution in [1.29, 1.82) is 0 Å². The molecule has 0 heterocycles. The molecule has 0 fully saturated rings. The summed E-state index contributed by atoms with van der Waals surface area (Å²) in [7, 11) is 2.10. The fraction of sp³-hybridized carbons (Fsp3) is 0.538. The van der Waals surface area contributed by atoms with Crippen molar-refractivity contribution in [2.75, 3.05) is 44.7 Å². The zero-order valence-corrected chi connectivity index (χ0v) is 10.3. The fourth-order valence-electron chi connectivity index (χ4n) is 1.67. The summed E-state index contributed by atoms with van der Waals surface area (Å²) in [6.07, 6.45) is 0. The van der Waals surface area contributed by atoms with Crippen LogP contribution in [0.4, 0.5) is 5.69 Å². The number of hydrogen-bond acceptors (Lipinski definition) is 3. The van der Waals surface area contributed by atoms with Crippen LogP contribution in [0.25, 0.3) is 0 Å². The molecule has 0 aliphatic carbocycles. The van der Waals surface area contributed by atoms with Crippen molar-refractivity contribution in [3.8, 4) is 0 Å². The van der Waals surface area contributed by atoms with Crippen LogP contribution in [0.2, 0.25) is 0 Å². The predicted molar refractivity (Wildman–Crippen MR) is 68.9 cm³/mol. The first-order valence-corrected chi connectivity index (χ1v) is 5.87. The first kappa shape index (κ1) is 13.0. The molecule has 0 unspecified atom stereocenters. The van der Waals surface area contributed by atoms with E-state index in [1.807, 2.05) is 6.07 Å². The van der Waals surface area contributed by atoms with Gasteiger partial charge in [0.2, 0.25) is 0 Å². The second-order valence-electron chi connectivity index (χ2n) is 3.91. The average molecular weight is 222 g/mol. The molecule has 90 valence electrons. The van der Waals surface area contributed by atoms with E-state index in [1.54, 1.807) is 0 Å². The first-order valence-electron chi connectivity index (χ1n) is 5.87. The Balaban J connectivity index is 2.37. The van der Waals surface area contributed by atoms with Gasteiger partial charge in [0, 0.05) is 32.4 Å². The molecule has 1 N–H and O–H groups in total. The Kier molecular flexibility index (Phi) is 5.90. The number of anilines is 1. The minimum Gasteiger partial charge on any atom is -0.395 e. The van der Waals surface area contributed by atoms with E-state index in [9.17, 15) is 0 Å². The molecular formula is C13H22N2O. The zero-order valence-electron chi connectivity index (χ0n) is 10.3. The van der Waals surface area contributed by atoms with E-state index < -0.39 is 0 Å². The topological polar surface area (TPSA) is 26.7 Å². The Morgan fingerprint density at radius 1 is 1.06 bits per heavy atom. The zero-order chi connectivity index (χ0) is 11.8. The van der Waals surface area contributed by atoms with E-state index in [0.717, 1.165) is 26.2 Å². The van der Waals surface area contributed by atoms with Gasteiger partial charge in [-0.25, -0.2) is 0 Å². The van der Waals surface area contributed by atoms with Gasteiger partial charge in [-0.15, -0.1) is 0 Å². The maximum absolute atomic E-state index is 8.89. The molecule has 0 aliphatic heterocycles. The van der Waals surface area contributed by atoms with Crippen LogP contribution in [-0.4, -0.2) is 49.8 Å². The lowest BCUT2D eigenvalue weighted by atomic mass is 10.3. The number of para-hydroxylation sites is 1. The van der Waals surface area contributed by atoms with Gasteiger partial charge in [-0.1, -0.05) is 25.1 Å². The summed E-state index contributed by atoms with van der Waals surface area (Å²) in [6, 6.07) is 10.4. The number of rotatable bonds is 7. The number of aliphatic hydroxyl groups is 1. The third-order valence-corrected chi connectivity index (χ3v) is 2.81. The molecule has 0 saturated heterocycles. The molecule has 0 aromatic heterocycles. The fourth-order valence-corrected chi connectivity index (χ4v) is 1.67. The van der Waals surface area contributed by atoms with Gasteiger partial charge in [0.15, 0.2) is 0 Å². The molecule has 0 atom stereocenters. The number of likely N-dealkylation sites (N-methyl/N-ethyl adjacent to an activating group) is 2. The molecule has 3 heteroatoms. The van der Waals surface area contributed by atoms with Crippen molar-refractivity contribution in [2.45, 2.75) is 6.92 Å². The molecular weight excluding hydrogens is 200 g/mol. The molecule has 1 aromatic rings. The number of hydrogen-bond donors (Lipinski definition) is 1. The third kappa shape index (κ3) is 4.21. The third-order valence-electron chi connectivity index (χ3n) is 2.81. The molecule has 0 amide bonds.